The van der Waals surface area contributed by atoms with Gasteiger partial charge >= 0.3 is 12.0 Å². The molecule has 0 atom stereocenters. The quantitative estimate of drug-likeness (QED) is 0.597. The smallest absolute Gasteiger partial charge is 0.319 e. The molecule has 1 rings (SSSR count). The predicted molar refractivity (Wildman–Crippen MR) is 50.8 cm³/mol. The summed E-state index contributed by atoms with van der Waals surface area (Å²) in [7, 11) is 3.37. The number of nitrogens with zero attached hydrogens (tertiary/aromatic N) is 2. The van der Waals surface area contributed by atoms with Crippen molar-refractivity contribution in [1.29, 1.82) is 0 Å². The molecule has 0 aromatic carbocycles. The minimum atomic E-state index is -0.223. The number of esters is 1. The summed E-state index contributed by atoms with van der Waals surface area (Å²) < 4.78 is 4.91. The van der Waals surface area contributed by atoms with Crippen molar-refractivity contribution in [3.63, 3.8) is 0 Å². The number of urea groups is 1. The Labute approximate surface area is 83.6 Å². The number of hydrogen-bond acceptors (Lipinski definition) is 3. The van der Waals surface area contributed by atoms with E-state index >= 15 is 0 Å². The maximum atomic E-state index is 11.4. The molecule has 0 radical (unpaired) electrons. The van der Waals surface area contributed by atoms with E-state index in [-0.39, 0.29) is 17.9 Å². The first kappa shape index (κ1) is 10.8. The maximum Gasteiger partial charge on any atom is 0.319 e. The molecule has 0 unspecified atom stereocenters. The first-order chi connectivity index (χ1) is 6.56. The summed E-state index contributed by atoms with van der Waals surface area (Å²) in [6.45, 7) is 3.06. The molecular weight excluding hydrogens is 184 g/mol. The third-order valence-corrected chi connectivity index (χ3v) is 2.26. The van der Waals surface area contributed by atoms with Gasteiger partial charge in [0.1, 0.15) is 0 Å². The molecule has 1 saturated heterocycles. The molecule has 0 bridgehead atoms. The van der Waals surface area contributed by atoms with E-state index < -0.39 is 0 Å². The van der Waals surface area contributed by atoms with Crippen LogP contribution in [0.15, 0.2) is 0 Å². The fourth-order valence-electron chi connectivity index (χ4n) is 1.58. The van der Waals surface area contributed by atoms with Gasteiger partial charge in [0.25, 0.3) is 0 Å². The molecule has 0 aromatic heterocycles. The lowest BCUT2D eigenvalue weighted by Gasteiger charge is -2.34. The van der Waals surface area contributed by atoms with Gasteiger partial charge in [0, 0.05) is 27.2 Å². The Morgan fingerprint density at radius 1 is 1.43 bits per heavy atom. The molecule has 2 amide bonds. The molecule has 0 aliphatic carbocycles. The van der Waals surface area contributed by atoms with Crippen LogP contribution in [0.25, 0.3) is 0 Å². The zero-order valence-corrected chi connectivity index (χ0v) is 8.82. The summed E-state index contributed by atoms with van der Waals surface area (Å²) in [4.78, 5) is 25.8. The number of rotatable bonds is 2. The van der Waals surface area contributed by atoms with E-state index in [0.29, 0.717) is 19.7 Å². The van der Waals surface area contributed by atoms with Gasteiger partial charge in [0.05, 0.1) is 12.5 Å². The van der Waals surface area contributed by atoms with Crippen LogP contribution < -0.4 is 0 Å². The number of ether oxygens (including phenoxy) is 1. The minimum Gasteiger partial charge on any atom is -0.466 e. The molecule has 5 heteroatoms. The molecule has 5 nitrogen and oxygen atoms in total. The largest absolute Gasteiger partial charge is 0.466 e. The van der Waals surface area contributed by atoms with Crippen LogP contribution in [0, 0.1) is 5.92 Å². The molecule has 14 heavy (non-hydrogen) atoms. The van der Waals surface area contributed by atoms with Crippen LogP contribution >= 0.6 is 0 Å². The Balaban J connectivity index is 2.57. The van der Waals surface area contributed by atoms with E-state index in [1.54, 1.807) is 21.0 Å². The fourth-order valence-corrected chi connectivity index (χ4v) is 1.58. The van der Waals surface area contributed by atoms with Crippen molar-refractivity contribution >= 4 is 12.0 Å². The second-order valence-corrected chi connectivity index (χ2v) is 3.49. The third-order valence-electron chi connectivity index (χ3n) is 2.26. The van der Waals surface area contributed by atoms with Crippen molar-refractivity contribution in [1.82, 2.24) is 9.80 Å². The van der Waals surface area contributed by atoms with Crippen LogP contribution in [0.4, 0.5) is 4.79 Å². The van der Waals surface area contributed by atoms with Crippen molar-refractivity contribution in [3.05, 3.63) is 0 Å². The first-order valence-electron chi connectivity index (χ1n) is 4.69. The fraction of sp³-hybridized carbons (Fsp3) is 0.778. The van der Waals surface area contributed by atoms with E-state index in [2.05, 4.69) is 0 Å². The zero-order chi connectivity index (χ0) is 10.7. The lowest BCUT2D eigenvalue weighted by atomic mass is 10.1. The molecule has 0 N–H and O–H groups in total. The van der Waals surface area contributed by atoms with E-state index in [9.17, 15) is 9.59 Å². The first-order valence-corrected chi connectivity index (χ1v) is 4.69. The van der Waals surface area contributed by atoms with Gasteiger partial charge < -0.3 is 14.5 Å². The molecule has 0 spiro atoms. The Morgan fingerprint density at radius 2 is 1.93 bits per heavy atom. The Morgan fingerprint density at radius 3 is 2.36 bits per heavy atom. The van der Waals surface area contributed by atoms with Crippen LogP contribution in [-0.2, 0) is 9.53 Å². The Kier molecular flexibility index (Phi) is 3.33. The predicted octanol–water partition coefficient (Wildman–Crippen LogP) is 0.163. The summed E-state index contributed by atoms with van der Waals surface area (Å²) in [5, 5.41) is 0. The molecule has 0 aromatic rings. The average Bonchev–Trinajstić information content (AvgIpc) is 2.13. The monoisotopic (exact) mass is 200 g/mol. The lowest BCUT2D eigenvalue weighted by molar-refractivity contribution is -0.149. The second-order valence-electron chi connectivity index (χ2n) is 3.49. The average molecular weight is 200 g/mol. The summed E-state index contributed by atoms with van der Waals surface area (Å²) in [5.41, 5.74) is 0. The SMILES string of the molecule is CCOC(=O)C1CN(C)C(=O)N(C)C1. The minimum absolute atomic E-state index is 0.0504. The molecule has 1 aliphatic heterocycles. The van der Waals surface area contributed by atoms with E-state index in [1.807, 2.05) is 0 Å². The van der Waals surface area contributed by atoms with Crippen molar-refractivity contribution < 1.29 is 14.3 Å². The van der Waals surface area contributed by atoms with Gasteiger partial charge in [0.15, 0.2) is 0 Å². The Bertz CT molecular complexity index is 228. The van der Waals surface area contributed by atoms with Gasteiger partial charge in [-0.05, 0) is 6.92 Å². The lowest BCUT2D eigenvalue weighted by Crippen LogP contribution is -2.52. The van der Waals surface area contributed by atoms with Crippen LogP contribution in [0.1, 0.15) is 6.92 Å². The molecule has 1 fully saturated rings. The van der Waals surface area contributed by atoms with Crippen molar-refractivity contribution in [2.75, 3.05) is 33.8 Å². The standard InChI is InChI=1S/C9H16N2O3/c1-4-14-8(12)7-5-10(2)9(13)11(3)6-7/h7H,4-6H2,1-3H3. The third kappa shape index (κ3) is 2.16. The van der Waals surface area contributed by atoms with Gasteiger partial charge in [-0.2, -0.15) is 0 Å². The summed E-state index contributed by atoms with van der Waals surface area (Å²) in [6, 6.07) is -0.0504. The number of carbonyl (C=O) groups is 2. The highest BCUT2D eigenvalue weighted by Crippen LogP contribution is 2.12. The number of carbonyl (C=O) groups excluding carboxylic acids is 2. The summed E-state index contributed by atoms with van der Waals surface area (Å²) in [5.74, 6) is -0.443. The molecular formula is C9H16N2O3. The number of hydrogen-bond donors (Lipinski definition) is 0. The van der Waals surface area contributed by atoms with E-state index in [4.69, 9.17) is 4.74 Å². The van der Waals surface area contributed by atoms with Crippen LogP contribution in [-0.4, -0.2) is 55.6 Å². The molecule has 1 aliphatic rings. The van der Waals surface area contributed by atoms with Gasteiger partial charge in [-0.15, -0.1) is 0 Å². The van der Waals surface area contributed by atoms with Gasteiger partial charge in [-0.1, -0.05) is 0 Å². The highest BCUT2D eigenvalue weighted by molar-refractivity contribution is 5.79. The Hall–Kier alpha value is -1.26. The second kappa shape index (κ2) is 4.30. The highest BCUT2D eigenvalue weighted by Gasteiger charge is 2.32. The zero-order valence-electron chi connectivity index (χ0n) is 8.82. The van der Waals surface area contributed by atoms with Crippen LogP contribution in [0.2, 0.25) is 0 Å². The van der Waals surface area contributed by atoms with Gasteiger partial charge in [0.2, 0.25) is 0 Å². The van der Waals surface area contributed by atoms with E-state index in [0.717, 1.165) is 0 Å². The van der Waals surface area contributed by atoms with Crippen LogP contribution in [0.5, 0.6) is 0 Å². The van der Waals surface area contributed by atoms with Gasteiger partial charge in [-0.3, -0.25) is 4.79 Å². The molecule has 80 valence electrons. The van der Waals surface area contributed by atoms with Crippen LogP contribution in [0.3, 0.4) is 0 Å². The highest BCUT2D eigenvalue weighted by atomic mass is 16.5. The topological polar surface area (TPSA) is 49.9 Å². The summed E-state index contributed by atoms with van der Waals surface area (Å²) >= 11 is 0. The molecule has 0 saturated carbocycles. The van der Waals surface area contributed by atoms with Crippen molar-refractivity contribution in [2.45, 2.75) is 6.92 Å². The molecule has 1 heterocycles. The van der Waals surface area contributed by atoms with E-state index in [1.165, 1.54) is 9.80 Å². The van der Waals surface area contributed by atoms with Gasteiger partial charge in [-0.25, -0.2) is 4.79 Å². The number of amides is 2. The normalized spacial score (nSPS) is 18.6. The van der Waals surface area contributed by atoms with Crippen molar-refractivity contribution in [2.24, 2.45) is 5.92 Å². The summed E-state index contributed by atoms with van der Waals surface area (Å²) in [6.07, 6.45) is 0. The van der Waals surface area contributed by atoms with Crippen molar-refractivity contribution in [3.8, 4) is 0 Å². The maximum absolute atomic E-state index is 11.4.